The zero-order chi connectivity index (χ0) is 20.6. The molecule has 0 fully saturated rings. The zero-order valence-corrected chi connectivity index (χ0v) is 15.7. The van der Waals surface area contributed by atoms with E-state index in [-0.39, 0.29) is 5.56 Å². The highest BCUT2D eigenvalue weighted by Gasteiger charge is 2.26. The van der Waals surface area contributed by atoms with E-state index in [1.165, 1.54) is 12.1 Å². The van der Waals surface area contributed by atoms with Crippen LogP contribution in [0.1, 0.15) is 27.6 Å². The molecule has 6 nitrogen and oxygen atoms in total. The number of benzene rings is 3. The van der Waals surface area contributed by atoms with E-state index < -0.39 is 18.0 Å². The van der Waals surface area contributed by atoms with E-state index >= 15 is 0 Å². The summed E-state index contributed by atoms with van der Waals surface area (Å²) in [4.78, 5) is 25.5. The third-order valence-corrected chi connectivity index (χ3v) is 4.15. The number of hydrogen-bond acceptors (Lipinski definition) is 5. The van der Waals surface area contributed by atoms with Crippen molar-refractivity contribution in [2.24, 2.45) is 0 Å². The standard InChI is InChI=1S/C23H18N2O4/c1-28-20-12-10-19(11-13-20)25-22(26)21(17-7-3-2-4-8-17)29-23(27)18-9-5-6-16(14-18)15-24/h2-14,21H,1H3,(H,25,26). The Morgan fingerprint density at radius 1 is 0.966 bits per heavy atom. The Labute approximate surface area is 168 Å². The Bertz CT molecular complexity index is 1040. The van der Waals surface area contributed by atoms with Gasteiger partial charge >= 0.3 is 5.97 Å². The number of anilines is 1. The average Bonchev–Trinajstić information content (AvgIpc) is 2.78. The number of nitrogens with one attached hydrogen (secondary N) is 1. The van der Waals surface area contributed by atoms with E-state index in [1.807, 2.05) is 6.07 Å². The zero-order valence-electron chi connectivity index (χ0n) is 15.7. The van der Waals surface area contributed by atoms with Gasteiger partial charge in [-0.1, -0.05) is 36.4 Å². The first kappa shape index (κ1) is 19.6. The molecule has 1 atom stereocenters. The first-order chi connectivity index (χ1) is 14.1. The fourth-order valence-electron chi connectivity index (χ4n) is 2.67. The molecule has 144 valence electrons. The summed E-state index contributed by atoms with van der Waals surface area (Å²) in [6.45, 7) is 0. The number of carbonyl (C=O) groups excluding carboxylic acids is 2. The Balaban J connectivity index is 1.83. The maximum Gasteiger partial charge on any atom is 0.339 e. The van der Waals surface area contributed by atoms with Crippen molar-refractivity contribution in [2.45, 2.75) is 6.10 Å². The smallest absolute Gasteiger partial charge is 0.339 e. The quantitative estimate of drug-likeness (QED) is 0.644. The van der Waals surface area contributed by atoms with Gasteiger partial charge in [0.15, 0.2) is 0 Å². The molecule has 3 rings (SSSR count). The average molecular weight is 386 g/mol. The summed E-state index contributed by atoms with van der Waals surface area (Å²) in [7, 11) is 1.56. The van der Waals surface area contributed by atoms with E-state index in [9.17, 15) is 9.59 Å². The molecule has 6 heteroatoms. The number of hydrogen-bond donors (Lipinski definition) is 1. The van der Waals surface area contributed by atoms with Gasteiger partial charge in [-0.25, -0.2) is 4.79 Å². The molecule has 0 aliphatic heterocycles. The van der Waals surface area contributed by atoms with Crippen LogP contribution in [0.5, 0.6) is 5.75 Å². The molecule has 0 bridgehead atoms. The molecule has 1 amide bonds. The SMILES string of the molecule is COc1ccc(NC(=O)C(OC(=O)c2cccc(C#N)c2)c2ccccc2)cc1. The number of carbonyl (C=O) groups is 2. The van der Waals surface area contributed by atoms with E-state index in [0.29, 0.717) is 22.6 Å². The molecule has 3 aromatic carbocycles. The van der Waals surface area contributed by atoms with Crippen LogP contribution in [0, 0.1) is 11.3 Å². The number of ether oxygens (including phenoxy) is 2. The molecule has 1 unspecified atom stereocenters. The number of rotatable bonds is 6. The molecule has 0 saturated heterocycles. The lowest BCUT2D eigenvalue weighted by Gasteiger charge is -2.18. The Morgan fingerprint density at radius 2 is 1.69 bits per heavy atom. The third kappa shape index (κ3) is 4.99. The van der Waals surface area contributed by atoms with Crippen molar-refractivity contribution in [2.75, 3.05) is 12.4 Å². The first-order valence-corrected chi connectivity index (χ1v) is 8.81. The molecular weight excluding hydrogens is 368 g/mol. The molecule has 1 N–H and O–H groups in total. The van der Waals surface area contributed by atoms with Gasteiger partial charge in [-0.2, -0.15) is 5.26 Å². The minimum absolute atomic E-state index is 0.197. The molecule has 0 spiro atoms. The van der Waals surface area contributed by atoms with Gasteiger partial charge in [0.1, 0.15) is 5.75 Å². The Kier molecular flexibility index (Phi) is 6.23. The highest BCUT2D eigenvalue weighted by Crippen LogP contribution is 2.23. The molecule has 0 radical (unpaired) electrons. The second kappa shape index (κ2) is 9.20. The fraction of sp³-hybridized carbons (Fsp3) is 0.0870. The number of esters is 1. The van der Waals surface area contributed by atoms with Gasteiger partial charge < -0.3 is 14.8 Å². The normalized spacial score (nSPS) is 11.0. The summed E-state index contributed by atoms with van der Waals surface area (Å²) >= 11 is 0. The predicted octanol–water partition coefficient (Wildman–Crippen LogP) is 4.10. The van der Waals surface area contributed by atoms with Crippen molar-refractivity contribution in [3.63, 3.8) is 0 Å². The van der Waals surface area contributed by atoms with Crippen LogP contribution in [-0.2, 0) is 9.53 Å². The molecule has 0 aromatic heterocycles. The van der Waals surface area contributed by atoms with Crippen molar-refractivity contribution >= 4 is 17.6 Å². The molecule has 3 aromatic rings. The summed E-state index contributed by atoms with van der Waals surface area (Å²) in [5.41, 5.74) is 1.60. The summed E-state index contributed by atoms with van der Waals surface area (Å²) in [5, 5.41) is 11.8. The van der Waals surface area contributed by atoms with Crippen molar-refractivity contribution in [1.82, 2.24) is 0 Å². The van der Waals surface area contributed by atoms with Crippen LogP contribution in [0.4, 0.5) is 5.69 Å². The van der Waals surface area contributed by atoms with Gasteiger partial charge in [0.2, 0.25) is 6.10 Å². The van der Waals surface area contributed by atoms with E-state index in [4.69, 9.17) is 14.7 Å². The molecular formula is C23H18N2O4. The highest BCUT2D eigenvalue weighted by molar-refractivity contribution is 5.98. The highest BCUT2D eigenvalue weighted by atomic mass is 16.5. The lowest BCUT2D eigenvalue weighted by atomic mass is 10.1. The van der Waals surface area contributed by atoms with E-state index in [2.05, 4.69) is 5.32 Å². The summed E-state index contributed by atoms with van der Waals surface area (Å²) < 4.78 is 10.6. The van der Waals surface area contributed by atoms with Gasteiger partial charge in [-0.15, -0.1) is 0 Å². The van der Waals surface area contributed by atoms with Crippen LogP contribution in [-0.4, -0.2) is 19.0 Å². The van der Waals surface area contributed by atoms with Gasteiger partial charge in [-0.3, -0.25) is 4.79 Å². The summed E-state index contributed by atoms with van der Waals surface area (Å²) in [6.07, 6.45) is -1.16. The Hall–Kier alpha value is -4.11. The van der Waals surface area contributed by atoms with Crippen molar-refractivity contribution in [1.29, 1.82) is 5.26 Å². The van der Waals surface area contributed by atoms with E-state index in [1.54, 1.807) is 73.8 Å². The second-order valence-electron chi connectivity index (χ2n) is 6.11. The van der Waals surface area contributed by atoms with E-state index in [0.717, 1.165) is 0 Å². The lowest BCUT2D eigenvalue weighted by Crippen LogP contribution is -2.26. The van der Waals surface area contributed by atoms with Crippen molar-refractivity contribution in [3.05, 3.63) is 95.6 Å². The van der Waals surface area contributed by atoms with Crippen LogP contribution in [0.3, 0.4) is 0 Å². The molecule has 0 saturated carbocycles. The van der Waals surface area contributed by atoms with Gasteiger partial charge in [-0.05, 0) is 42.5 Å². The van der Waals surface area contributed by atoms with Crippen molar-refractivity contribution in [3.8, 4) is 11.8 Å². The maximum absolute atomic E-state index is 12.9. The summed E-state index contributed by atoms with van der Waals surface area (Å²) in [5.74, 6) is -0.529. The number of nitriles is 1. The minimum atomic E-state index is -1.16. The number of amides is 1. The van der Waals surface area contributed by atoms with Crippen LogP contribution in [0.15, 0.2) is 78.9 Å². The van der Waals surface area contributed by atoms with Gasteiger partial charge in [0.05, 0.1) is 24.3 Å². The molecule has 0 heterocycles. The minimum Gasteiger partial charge on any atom is -0.497 e. The lowest BCUT2D eigenvalue weighted by molar-refractivity contribution is -0.125. The fourth-order valence-corrected chi connectivity index (χ4v) is 2.67. The monoisotopic (exact) mass is 386 g/mol. The molecule has 0 aliphatic carbocycles. The van der Waals surface area contributed by atoms with Crippen LogP contribution in [0.2, 0.25) is 0 Å². The number of methoxy groups -OCH3 is 1. The topological polar surface area (TPSA) is 88.4 Å². The van der Waals surface area contributed by atoms with Crippen LogP contribution >= 0.6 is 0 Å². The largest absolute Gasteiger partial charge is 0.497 e. The second-order valence-corrected chi connectivity index (χ2v) is 6.11. The number of nitrogens with zero attached hydrogens (tertiary/aromatic N) is 1. The van der Waals surface area contributed by atoms with Crippen LogP contribution in [0.25, 0.3) is 0 Å². The van der Waals surface area contributed by atoms with Crippen LogP contribution < -0.4 is 10.1 Å². The molecule has 0 aliphatic rings. The van der Waals surface area contributed by atoms with Gasteiger partial charge in [0, 0.05) is 11.3 Å². The summed E-state index contributed by atoms with van der Waals surface area (Å²) in [6, 6.07) is 23.6. The predicted molar refractivity (Wildman–Crippen MR) is 107 cm³/mol. The van der Waals surface area contributed by atoms with Gasteiger partial charge in [0.25, 0.3) is 5.91 Å². The Morgan fingerprint density at radius 3 is 2.34 bits per heavy atom. The van der Waals surface area contributed by atoms with Crippen molar-refractivity contribution < 1.29 is 19.1 Å². The molecule has 29 heavy (non-hydrogen) atoms. The first-order valence-electron chi connectivity index (χ1n) is 8.81. The third-order valence-electron chi connectivity index (χ3n) is 4.15. The maximum atomic E-state index is 12.9.